The normalized spacial score (nSPS) is 19.6. The Hall–Kier alpha value is -2.05. The Balaban J connectivity index is 2.25. The lowest BCUT2D eigenvalue weighted by atomic mass is 10.2. The molecular formula is C11H9F3N2O2. The van der Waals surface area contributed by atoms with Crippen molar-refractivity contribution in [1.29, 1.82) is 0 Å². The topological polar surface area (TPSA) is 49.4 Å². The number of anilines is 1. The van der Waals surface area contributed by atoms with Crippen LogP contribution in [0.15, 0.2) is 12.1 Å². The second-order valence-corrected chi connectivity index (χ2v) is 3.94. The molecule has 1 atom stereocenters. The van der Waals surface area contributed by atoms with Crippen molar-refractivity contribution in [3.63, 3.8) is 0 Å². The molecule has 1 N–H and O–H groups in total. The summed E-state index contributed by atoms with van der Waals surface area (Å²) < 4.78 is 39.2. The van der Waals surface area contributed by atoms with Gasteiger partial charge in [-0.05, 0) is 0 Å². The van der Waals surface area contributed by atoms with E-state index in [0.717, 1.165) is 11.0 Å². The predicted octanol–water partition coefficient (Wildman–Crippen LogP) is 1.27. The molecule has 1 aliphatic rings. The zero-order valence-electron chi connectivity index (χ0n) is 9.34. The number of likely N-dealkylation sites (tertiary alicyclic amines) is 1. The molecule has 18 heavy (non-hydrogen) atoms. The van der Waals surface area contributed by atoms with Gasteiger partial charge in [0.25, 0.3) is 5.91 Å². The lowest BCUT2D eigenvalue weighted by Crippen LogP contribution is -2.32. The number of hydrogen-bond donors (Lipinski definition) is 1. The summed E-state index contributed by atoms with van der Waals surface area (Å²) in [6.07, 6.45) is -0.174. The van der Waals surface area contributed by atoms with Gasteiger partial charge in [-0.3, -0.25) is 14.5 Å². The van der Waals surface area contributed by atoms with Crippen molar-refractivity contribution in [2.45, 2.75) is 12.5 Å². The van der Waals surface area contributed by atoms with E-state index >= 15 is 0 Å². The maximum absolute atomic E-state index is 13.3. The van der Waals surface area contributed by atoms with Gasteiger partial charge >= 0.3 is 0 Å². The molecule has 0 bridgehead atoms. The van der Waals surface area contributed by atoms with E-state index in [0.29, 0.717) is 6.07 Å². The minimum atomic E-state index is -1.36. The molecule has 1 saturated heterocycles. The minimum absolute atomic E-state index is 0.174. The van der Waals surface area contributed by atoms with Crippen molar-refractivity contribution < 1.29 is 22.8 Å². The number of nitrogens with zero attached hydrogens (tertiary/aromatic N) is 1. The molecule has 0 radical (unpaired) electrons. The number of nitrogens with one attached hydrogen (secondary N) is 1. The molecule has 1 aromatic rings. The van der Waals surface area contributed by atoms with Crippen molar-refractivity contribution >= 4 is 17.5 Å². The van der Waals surface area contributed by atoms with Crippen molar-refractivity contribution in [2.75, 3.05) is 12.4 Å². The van der Waals surface area contributed by atoms with Crippen LogP contribution in [0.2, 0.25) is 0 Å². The molecule has 0 spiro atoms. The highest BCUT2D eigenvalue weighted by atomic mass is 19.2. The van der Waals surface area contributed by atoms with Gasteiger partial charge in [-0.25, -0.2) is 13.2 Å². The molecule has 1 aliphatic heterocycles. The Morgan fingerprint density at radius 3 is 2.50 bits per heavy atom. The fourth-order valence-corrected chi connectivity index (χ4v) is 1.72. The largest absolute Gasteiger partial charge is 0.371 e. The molecule has 0 saturated carbocycles. The van der Waals surface area contributed by atoms with Gasteiger partial charge in [0.05, 0.1) is 12.1 Å². The van der Waals surface area contributed by atoms with E-state index in [1.165, 1.54) is 7.05 Å². The van der Waals surface area contributed by atoms with Crippen LogP contribution in [0.1, 0.15) is 6.42 Å². The van der Waals surface area contributed by atoms with E-state index in [4.69, 9.17) is 0 Å². The summed E-state index contributed by atoms with van der Waals surface area (Å²) in [6.45, 7) is 0. The highest BCUT2D eigenvalue weighted by molar-refractivity contribution is 6.06. The molecule has 0 aromatic heterocycles. The van der Waals surface area contributed by atoms with Crippen LogP contribution in [0, 0.1) is 17.5 Å². The van der Waals surface area contributed by atoms with Crippen molar-refractivity contribution in [2.24, 2.45) is 0 Å². The van der Waals surface area contributed by atoms with Gasteiger partial charge in [-0.2, -0.15) is 0 Å². The first kappa shape index (κ1) is 12.4. The van der Waals surface area contributed by atoms with Gasteiger partial charge in [0.2, 0.25) is 5.91 Å². The maximum atomic E-state index is 13.3. The molecule has 96 valence electrons. The van der Waals surface area contributed by atoms with Crippen LogP contribution in [0.4, 0.5) is 18.9 Å². The SMILES string of the molecule is CN1C(=O)CC(Nc2cc(F)cc(F)c2F)C1=O. The average molecular weight is 258 g/mol. The van der Waals surface area contributed by atoms with Crippen LogP contribution in [-0.2, 0) is 9.59 Å². The lowest BCUT2D eigenvalue weighted by molar-refractivity contribution is -0.136. The maximum Gasteiger partial charge on any atom is 0.251 e. The molecule has 0 aliphatic carbocycles. The lowest BCUT2D eigenvalue weighted by Gasteiger charge is -2.13. The van der Waals surface area contributed by atoms with Crippen LogP contribution in [0.25, 0.3) is 0 Å². The monoisotopic (exact) mass is 258 g/mol. The van der Waals surface area contributed by atoms with Gasteiger partial charge < -0.3 is 5.32 Å². The first-order valence-corrected chi connectivity index (χ1v) is 5.11. The zero-order chi connectivity index (χ0) is 13.4. The second-order valence-electron chi connectivity index (χ2n) is 3.94. The van der Waals surface area contributed by atoms with Crippen LogP contribution >= 0.6 is 0 Å². The van der Waals surface area contributed by atoms with Crippen molar-refractivity contribution in [1.82, 2.24) is 4.90 Å². The van der Waals surface area contributed by atoms with Gasteiger partial charge in [0.15, 0.2) is 11.6 Å². The van der Waals surface area contributed by atoms with E-state index in [2.05, 4.69) is 5.32 Å². The molecule has 1 unspecified atom stereocenters. The molecule has 1 aromatic carbocycles. The van der Waals surface area contributed by atoms with Crippen molar-refractivity contribution in [3.05, 3.63) is 29.6 Å². The van der Waals surface area contributed by atoms with E-state index in [9.17, 15) is 22.8 Å². The average Bonchev–Trinajstić information content (AvgIpc) is 2.53. The number of carbonyl (C=O) groups is 2. The highest BCUT2D eigenvalue weighted by Gasteiger charge is 2.36. The number of carbonyl (C=O) groups excluding carboxylic acids is 2. The number of likely N-dealkylation sites (N-methyl/N-ethyl adjacent to an activating group) is 1. The number of amides is 2. The number of rotatable bonds is 2. The highest BCUT2D eigenvalue weighted by Crippen LogP contribution is 2.22. The predicted molar refractivity (Wildman–Crippen MR) is 56.1 cm³/mol. The molecule has 4 nitrogen and oxygen atoms in total. The molecule has 2 amide bonds. The fraction of sp³-hybridized carbons (Fsp3) is 0.273. The van der Waals surface area contributed by atoms with E-state index < -0.39 is 41.0 Å². The molecular weight excluding hydrogens is 249 g/mol. The van der Waals surface area contributed by atoms with E-state index in [1.54, 1.807) is 0 Å². The van der Waals surface area contributed by atoms with Crippen molar-refractivity contribution in [3.8, 4) is 0 Å². The summed E-state index contributed by atoms with van der Waals surface area (Å²) in [4.78, 5) is 23.6. The summed E-state index contributed by atoms with van der Waals surface area (Å²) in [7, 11) is 1.29. The zero-order valence-corrected chi connectivity index (χ0v) is 9.34. The van der Waals surface area contributed by atoms with E-state index in [-0.39, 0.29) is 6.42 Å². The van der Waals surface area contributed by atoms with Gasteiger partial charge in [-0.15, -0.1) is 0 Å². The van der Waals surface area contributed by atoms with Crippen LogP contribution < -0.4 is 5.32 Å². The second kappa shape index (κ2) is 4.32. The summed E-state index contributed by atoms with van der Waals surface area (Å²) in [5, 5.41) is 2.33. The number of hydrogen-bond acceptors (Lipinski definition) is 3. The summed E-state index contributed by atoms with van der Waals surface area (Å²) in [5.74, 6) is -4.62. The summed E-state index contributed by atoms with van der Waals surface area (Å²) >= 11 is 0. The third-order valence-electron chi connectivity index (χ3n) is 2.70. The third kappa shape index (κ3) is 2.03. The summed E-state index contributed by atoms with van der Waals surface area (Å²) in [6, 6.07) is 0.126. The quantitative estimate of drug-likeness (QED) is 0.642. The van der Waals surface area contributed by atoms with Gasteiger partial charge in [-0.1, -0.05) is 0 Å². The van der Waals surface area contributed by atoms with Crippen LogP contribution in [-0.4, -0.2) is 29.8 Å². The van der Waals surface area contributed by atoms with E-state index in [1.807, 2.05) is 0 Å². The third-order valence-corrected chi connectivity index (χ3v) is 2.70. The minimum Gasteiger partial charge on any atom is -0.371 e. The Kier molecular flexibility index (Phi) is 2.98. The van der Waals surface area contributed by atoms with Gasteiger partial charge in [0.1, 0.15) is 11.9 Å². The number of halogens is 3. The molecule has 1 heterocycles. The Labute approximate surface area is 100 Å². The summed E-state index contributed by atoms with van der Waals surface area (Å²) in [5.41, 5.74) is -0.478. The first-order valence-electron chi connectivity index (χ1n) is 5.11. The Morgan fingerprint density at radius 1 is 1.28 bits per heavy atom. The van der Waals surface area contributed by atoms with Crippen LogP contribution in [0.3, 0.4) is 0 Å². The molecule has 7 heteroatoms. The molecule has 1 fully saturated rings. The van der Waals surface area contributed by atoms with Gasteiger partial charge in [0, 0.05) is 19.2 Å². The van der Waals surface area contributed by atoms with Crippen LogP contribution in [0.5, 0.6) is 0 Å². The standard InChI is InChI=1S/C11H9F3N2O2/c1-16-9(17)4-8(11(16)18)15-7-3-5(12)2-6(13)10(7)14/h2-3,8,15H,4H2,1H3. The fourth-order valence-electron chi connectivity index (χ4n) is 1.72. The molecule has 2 rings (SSSR count). The Bertz CT molecular complexity index is 533. The first-order chi connectivity index (χ1) is 8.40. The number of benzene rings is 1. The smallest absolute Gasteiger partial charge is 0.251 e. The Morgan fingerprint density at radius 2 is 1.94 bits per heavy atom. The number of imide groups is 1.